The number of aryl methyl sites for hydroxylation is 1. The number of hydrogen-bond acceptors (Lipinski definition) is 4. The number of oxime groups is 1. The highest BCUT2D eigenvalue weighted by Crippen LogP contribution is 2.19. The van der Waals surface area contributed by atoms with Gasteiger partial charge in [0.1, 0.15) is 0 Å². The number of sulfonamides is 1. The third kappa shape index (κ3) is 3.13. The van der Waals surface area contributed by atoms with Crippen LogP contribution >= 0.6 is 0 Å². The molecule has 6 nitrogen and oxygen atoms in total. The van der Waals surface area contributed by atoms with Gasteiger partial charge in [-0.15, -0.1) is 0 Å². The molecule has 1 aromatic rings. The second-order valence-electron chi connectivity index (χ2n) is 4.21. The fourth-order valence-electron chi connectivity index (χ4n) is 1.22. The van der Waals surface area contributed by atoms with E-state index in [0.29, 0.717) is 11.3 Å². The van der Waals surface area contributed by atoms with Crippen LogP contribution < -0.4 is 10.5 Å². The highest BCUT2D eigenvalue weighted by atomic mass is 32.2. The molecule has 1 aromatic carbocycles. The number of nitrogens with two attached hydrogens (primary N) is 1. The highest BCUT2D eigenvalue weighted by Gasteiger charge is 2.17. The third-order valence-corrected chi connectivity index (χ3v) is 4.26. The molecule has 0 saturated carbocycles. The normalized spacial score (nSPS) is 12.8. The first-order valence-corrected chi connectivity index (χ1v) is 6.92. The molecule has 18 heavy (non-hydrogen) atoms. The Morgan fingerprint density at radius 2 is 2.06 bits per heavy atom. The number of amidine groups is 1. The number of rotatable bonds is 4. The van der Waals surface area contributed by atoms with Gasteiger partial charge in [0.15, 0.2) is 5.84 Å². The van der Waals surface area contributed by atoms with Gasteiger partial charge < -0.3 is 10.9 Å². The summed E-state index contributed by atoms with van der Waals surface area (Å²) in [7, 11) is -3.42. The van der Waals surface area contributed by atoms with E-state index in [1.807, 2.05) is 0 Å². The SMILES string of the molecule is Cc1ccc(C(N)=NO)cc1NS(=O)(=O)C(C)C. The summed E-state index contributed by atoms with van der Waals surface area (Å²) in [5.74, 6) is -0.0694. The third-order valence-electron chi connectivity index (χ3n) is 2.51. The summed E-state index contributed by atoms with van der Waals surface area (Å²) in [4.78, 5) is 0. The van der Waals surface area contributed by atoms with Crippen molar-refractivity contribution in [1.82, 2.24) is 0 Å². The van der Waals surface area contributed by atoms with Gasteiger partial charge in [-0.1, -0.05) is 17.3 Å². The minimum atomic E-state index is -3.42. The second kappa shape index (κ2) is 5.26. The summed E-state index contributed by atoms with van der Waals surface area (Å²) >= 11 is 0. The Morgan fingerprint density at radius 3 is 2.56 bits per heavy atom. The molecular formula is C11H17N3O3S. The first-order valence-electron chi connectivity index (χ1n) is 5.38. The predicted molar refractivity (Wildman–Crippen MR) is 71.4 cm³/mol. The van der Waals surface area contributed by atoms with Crippen LogP contribution in [0.5, 0.6) is 0 Å². The van der Waals surface area contributed by atoms with Crippen LogP contribution in [0.4, 0.5) is 5.69 Å². The molecule has 0 bridgehead atoms. The van der Waals surface area contributed by atoms with Crippen LogP contribution in [-0.4, -0.2) is 24.7 Å². The average molecular weight is 271 g/mol. The molecule has 0 unspecified atom stereocenters. The second-order valence-corrected chi connectivity index (χ2v) is 6.45. The zero-order chi connectivity index (χ0) is 13.9. The van der Waals surface area contributed by atoms with E-state index in [-0.39, 0.29) is 5.84 Å². The zero-order valence-electron chi connectivity index (χ0n) is 10.5. The molecule has 0 fully saturated rings. The summed E-state index contributed by atoms with van der Waals surface area (Å²) in [5, 5.41) is 10.9. The van der Waals surface area contributed by atoms with Crippen LogP contribution in [0, 0.1) is 6.92 Å². The van der Waals surface area contributed by atoms with Gasteiger partial charge >= 0.3 is 0 Å². The van der Waals surface area contributed by atoms with Gasteiger partial charge in [-0.05, 0) is 32.4 Å². The molecule has 1 rings (SSSR count). The highest BCUT2D eigenvalue weighted by molar-refractivity contribution is 7.93. The number of hydrogen-bond donors (Lipinski definition) is 3. The fourth-order valence-corrected chi connectivity index (χ4v) is 1.98. The Kier molecular flexibility index (Phi) is 4.18. The minimum absolute atomic E-state index is 0.0694. The van der Waals surface area contributed by atoms with E-state index >= 15 is 0 Å². The van der Waals surface area contributed by atoms with Crippen molar-refractivity contribution < 1.29 is 13.6 Å². The molecule has 0 aliphatic heterocycles. The quantitative estimate of drug-likeness (QED) is 0.331. The zero-order valence-corrected chi connectivity index (χ0v) is 11.3. The van der Waals surface area contributed by atoms with E-state index in [2.05, 4.69) is 9.88 Å². The summed E-state index contributed by atoms with van der Waals surface area (Å²) < 4.78 is 26.0. The monoisotopic (exact) mass is 271 g/mol. The van der Waals surface area contributed by atoms with Crippen molar-refractivity contribution in [2.24, 2.45) is 10.9 Å². The molecular weight excluding hydrogens is 254 g/mol. The summed E-state index contributed by atoms with van der Waals surface area (Å²) in [6.07, 6.45) is 0. The Balaban J connectivity index is 3.18. The van der Waals surface area contributed by atoms with Crippen molar-refractivity contribution in [3.8, 4) is 0 Å². The van der Waals surface area contributed by atoms with Crippen molar-refractivity contribution in [1.29, 1.82) is 0 Å². The molecule has 0 aliphatic rings. The largest absolute Gasteiger partial charge is 0.409 e. The minimum Gasteiger partial charge on any atom is -0.409 e. The topological polar surface area (TPSA) is 105 Å². The van der Waals surface area contributed by atoms with Crippen LogP contribution in [-0.2, 0) is 10.0 Å². The van der Waals surface area contributed by atoms with E-state index in [0.717, 1.165) is 5.56 Å². The lowest BCUT2D eigenvalue weighted by Crippen LogP contribution is -2.23. The van der Waals surface area contributed by atoms with Crippen molar-refractivity contribution in [2.75, 3.05) is 4.72 Å². The van der Waals surface area contributed by atoms with E-state index in [1.165, 1.54) is 6.07 Å². The molecule has 0 spiro atoms. The summed E-state index contributed by atoms with van der Waals surface area (Å²) in [6, 6.07) is 4.88. The van der Waals surface area contributed by atoms with E-state index in [9.17, 15) is 8.42 Å². The van der Waals surface area contributed by atoms with Crippen LogP contribution in [0.1, 0.15) is 25.0 Å². The molecule has 0 aromatic heterocycles. The lowest BCUT2D eigenvalue weighted by molar-refractivity contribution is 0.318. The van der Waals surface area contributed by atoms with Crippen LogP contribution in [0.3, 0.4) is 0 Å². The van der Waals surface area contributed by atoms with Crippen LogP contribution in [0.15, 0.2) is 23.4 Å². The maximum absolute atomic E-state index is 11.8. The number of anilines is 1. The Bertz CT molecular complexity index is 565. The first kappa shape index (κ1) is 14.3. The molecule has 0 heterocycles. The number of nitrogens with zero attached hydrogens (tertiary/aromatic N) is 1. The standard InChI is InChI=1S/C11H17N3O3S/c1-7(2)18(16,17)14-10-6-9(11(12)13-15)5-4-8(10)3/h4-7,14-15H,1-3H3,(H2,12,13). The number of benzene rings is 1. The van der Waals surface area contributed by atoms with Gasteiger partial charge in [0.2, 0.25) is 10.0 Å². The molecule has 0 atom stereocenters. The molecule has 0 saturated heterocycles. The Labute approximate surface area is 107 Å². The maximum atomic E-state index is 11.8. The van der Waals surface area contributed by atoms with Crippen molar-refractivity contribution in [3.63, 3.8) is 0 Å². The van der Waals surface area contributed by atoms with Gasteiger partial charge in [0.05, 0.1) is 10.9 Å². The van der Waals surface area contributed by atoms with Gasteiger partial charge in [-0.2, -0.15) is 0 Å². The van der Waals surface area contributed by atoms with Crippen molar-refractivity contribution >= 4 is 21.5 Å². The van der Waals surface area contributed by atoms with Gasteiger partial charge in [-0.25, -0.2) is 8.42 Å². The lowest BCUT2D eigenvalue weighted by atomic mass is 10.1. The molecule has 100 valence electrons. The van der Waals surface area contributed by atoms with E-state index in [1.54, 1.807) is 32.9 Å². The fraction of sp³-hybridized carbons (Fsp3) is 0.364. The molecule has 0 radical (unpaired) electrons. The smallest absolute Gasteiger partial charge is 0.235 e. The van der Waals surface area contributed by atoms with Gasteiger partial charge in [-0.3, -0.25) is 4.72 Å². The molecule has 0 amide bonds. The van der Waals surface area contributed by atoms with Gasteiger partial charge in [0, 0.05) is 5.56 Å². The lowest BCUT2D eigenvalue weighted by Gasteiger charge is -2.13. The summed E-state index contributed by atoms with van der Waals surface area (Å²) in [6.45, 7) is 4.95. The van der Waals surface area contributed by atoms with Crippen molar-refractivity contribution in [3.05, 3.63) is 29.3 Å². The number of nitrogens with one attached hydrogen (secondary N) is 1. The first-order chi connectivity index (χ1) is 8.27. The van der Waals surface area contributed by atoms with E-state index in [4.69, 9.17) is 10.9 Å². The molecule has 0 aliphatic carbocycles. The molecule has 4 N–H and O–H groups in total. The molecule has 7 heteroatoms. The van der Waals surface area contributed by atoms with E-state index < -0.39 is 15.3 Å². The Hall–Kier alpha value is -1.76. The van der Waals surface area contributed by atoms with Crippen LogP contribution in [0.25, 0.3) is 0 Å². The maximum Gasteiger partial charge on any atom is 0.235 e. The van der Waals surface area contributed by atoms with Crippen LogP contribution in [0.2, 0.25) is 0 Å². The Morgan fingerprint density at radius 1 is 1.44 bits per heavy atom. The average Bonchev–Trinajstić information content (AvgIpc) is 2.30. The predicted octanol–water partition coefficient (Wildman–Crippen LogP) is 1.24. The van der Waals surface area contributed by atoms with Gasteiger partial charge in [0.25, 0.3) is 0 Å². The summed E-state index contributed by atoms with van der Waals surface area (Å²) in [5.41, 5.74) is 7.09. The van der Waals surface area contributed by atoms with Crippen molar-refractivity contribution in [2.45, 2.75) is 26.0 Å².